The number of sulfone groups is 1. The summed E-state index contributed by atoms with van der Waals surface area (Å²) in [5, 5.41) is 8.39. The minimum Gasteiger partial charge on any atom is -0.508 e. The quantitative estimate of drug-likeness (QED) is 0.833. The van der Waals surface area contributed by atoms with Crippen molar-refractivity contribution in [3.63, 3.8) is 0 Å². The molecule has 0 aliphatic heterocycles. The molecule has 0 aliphatic rings. The molecular weight excluding hydrogens is 266 g/mol. The highest BCUT2D eigenvalue weighted by Crippen LogP contribution is 2.21. The van der Waals surface area contributed by atoms with Crippen LogP contribution in [0.3, 0.4) is 0 Å². The second kappa shape index (κ2) is 4.53. The lowest BCUT2D eigenvalue weighted by atomic mass is 10.2. The molecule has 0 bridgehead atoms. The molecule has 0 spiro atoms. The van der Waals surface area contributed by atoms with E-state index in [0.717, 1.165) is 6.26 Å². The van der Waals surface area contributed by atoms with Gasteiger partial charge in [0, 0.05) is 12.3 Å². The number of hydrogen-bond acceptors (Lipinski definition) is 5. The van der Waals surface area contributed by atoms with Crippen molar-refractivity contribution >= 4 is 25.5 Å². The van der Waals surface area contributed by atoms with E-state index in [2.05, 4.69) is 4.72 Å². The van der Waals surface area contributed by atoms with Crippen LogP contribution in [0.4, 0.5) is 5.69 Å². The molecule has 1 rings (SSSR count). The first kappa shape index (κ1) is 13.8. The van der Waals surface area contributed by atoms with Gasteiger partial charge in [0.25, 0.3) is 0 Å². The average Bonchev–Trinajstić information content (AvgIpc) is 2.06. The smallest absolute Gasteiger partial charge is 0.247 e. The third-order valence-corrected chi connectivity index (χ3v) is 5.35. The minimum absolute atomic E-state index is 0.0652. The van der Waals surface area contributed by atoms with Gasteiger partial charge in [-0.1, -0.05) is 6.07 Å². The highest BCUT2D eigenvalue weighted by atomic mass is 32.3. The number of aromatic hydroxyl groups is 1. The van der Waals surface area contributed by atoms with Crippen LogP contribution in [-0.4, -0.2) is 33.3 Å². The van der Waals surface area contributed by atoms with Gasteiger partial charge in [-0.3, -0.25) is 4.72 Å². The lowest BCUT2D eigenvalue weighted by molar-refractivity contribution is 0.471. The first-order chi connectivity index (χ1) is 7.59. The van der Waals surface area contributed by atoms with E-state index in [0.29, 0.717) is 5.56 Å². The van der Waals surface area contributed by atoms with Crippen LogP contribution in [0.25, 0.3) is 0 Å². The van der Waals surface area contributed by atoms with Crippen molar-refractivity contribution in [3.05, 3.63) is 23.8 Å². The zero-order valence-electron chi connectivity index (χ0n) is 9.34. The van der Waals surface area contributed by atoms with E-state index in [1.807, 2.05) is 0 Å². The summed E-state index contributed by atoms with van der Waals surface area (Å²) >= 11 is 0. The van der Waals surface area contributed by atoms with Crippen LogP contribution in [0.5, 0.6) is 5.75 Å². The monoisotopic (exact) mass is 279 g/mol. The van der Waals surface area contributed by atoms with Gasteiger partial charge in [-0.25, -0.2) is 16.8 Å². The molecule has 1 aromatic rings. The molecule has 0 heterocycles. The van der Waals surface area contributed by atoms with Crippen LogP contribution in [-0.2, 0) is 19.9 Å². The molecule has 0 radical (unpaired) electrons. The van der Waals surface area contributed by atoms with Crippen molar-refractivity contribution in [1.29, 1.82) is 0 Å². The third-order valence-electron chi connectivity index (χ3n) is 1.85. The first-order valence-corrected chi connectivity index (χ1v) is 8.28. The Kier molecular flexibility index (Phi) is 3.68. The van der Waals surface area contributed by atoms with E-state index in [1.165, 1.54) is 18.2 Å². The summed E-state index contributed by atoms with van der Waals surface area (Å²) in [4.78, 5) is 0. The zero-order chi connectivity index (χ0) is 13.3. The summed E-state index contributed by atoms with van der Waals surface area (Å²) in [6.07, 6.45) is 0.832. The predicted molar refractivity (Wildman–Crippen MR) is 65.1 cm³/mol. The van der Waals surface area contributed by atoms with Crippen LogP contribution >= 0.6 is 0 Å². The van der Waals surface area contributed by atoms with Gasteiger partial charge in [0.2, 0.25) is 10.0 Å². The van der Waals surface area contributed by atoms with Crippen LogP contribution in [0.2, 0.25) is 0 Å². The summed E-state index contributed by atoms with van der Waals surface area (Å²) < 4.78 is 46.7. The van der Waals surface area contributed by atoms with Gasteiger partial charge in [0.05, 0.1) is 5.69 Å². The molecule has 0 saturated heterocycles. The van der Waals surface area contributed by atoms with Gasteiger partial charge < -0.3 is 5.11 Å². The maximum atomic E-state index is 11.4. The molecular formula is C9H13NO5S2. The minimum atomic E-state index is -3.97. The van der Waals surface area contributed by atoms with Gasteiger partial charge >= 0.3 is 0 Å². The Balaban J connectivity index is 2.95. The fourth-order valence-electron chi connectivity index (χ4n) is 1.16. The summed E-state index contributed by atoms with van der Waals surface area (Å²) in [5.74, 6) is -0.0652. The van der Waals surface area contributed by atoms with Crippen molar-refractivity contribution in [1.82, 2.24) is 0 Å². The molecule has 96 valence electrons. The maximum absolute atomic E-state index is 11.4. The van der Waals surface area contributed by atoms with Gasteiger partial charge in [0.1, 0.15) is 5.75 Å². The van der Waals surface area contributed by atoms with Crippen LogP contribution < -0.4 is 4.72 Å². The number of anilines is 1. The number of rotatable bonds is 4. The lowest BCUT2D eigenvalue weighted by Crippen LogP contribution is -2.22. The number of nitrogens with one attached hydrogen (secondary N) is 1. The second-order valence-corrected chi connectivity index (χ2v) is 7.99. The van der Waals surface area contributed by atoms with E-state index in [1.54, 1.807) is 6.92 Å². The Hall–Kier alpha value is -1.28. The fourth-order valence-corrected chi connectivity index (χ4v) is 4.14. The zero-order valence-corrected chi connectivity index (χ0v) is 11.0. The number of aryl methyl sites for hydroxylation is 1. The van der Waals surface area contributed by atoms with Crippen molar-refractivity contribution < 1.29 is 21.9 Å². The van der Waals surface area contributed by atoms with Crippen LogP contribution in [0.15, 0.2) is 18.2 Å². The summed E-state index contributed by atoms with van der Waals surface area (Å²) in [6.45, 7) is 1.66. The second-order valence-electron chi connectivity index (χ2n) is 3.76. The maximum Gasteiger partial charge on any atom is 0.247 e. The molecule has 0 amide bonds. The highest BCUT2D eigenvalue weighted by molar-refractivity contribution is 8.08. The molecule has 0 aromatic heterocycles. The SMILES string of the molecule is Cc1ccc(NS(=O)(=O)CS(C)(=O)=O)cc1O. The Bertz CT molecular complexity index is 619. The van der Waals surface area contributed by atoms with Crippen molar-refractivity contribution in [2.45, 2.75) is 6.92 Å². The van der Waals surface area contributed by atoms with Crippen LogP contribution in [0.1, 0.15) is 5.56 Å². The molecule has 8 heteroatoms. The van der Waals surface area contributed by atoms with E-state index in [-0.39, 0.29) is 11.4 Å². The lowest BCUT2D eigenvalue weighted by Gasteiger charge is -2.08. The third kappa shape index (κ3) is 4.61. The van der Waals surface area contributed by atoms with Crippen molar-refractivity contribution in [2.24, 2.45) is 0 Å². The van der Waals surface area contributed by atoms with E-state index < -0.39 is 24.9 Å². The van der Waals surface area contributed by atoms with Crippen molar-refractivity contribution in [2.75, 3.05) is 16.1 Å². The standard InChI is InChI=1S/C9H13NO5S2/c1-7-3-4-8(5-9(7)11)10-17(14,15)6-16(2,12)13/h3-5,10-11H,6H2,1-2H3. The molecule has 0 saturated carbocycles. The molecule has 17 heavy (non-hydrogen) atoms. The Labute approximate surface area is 100 Å². The fraction of sp³-hybridized carbons (Fsp3) is 0.333. The number of phenolic OH excluding ortho intramolecular Hbond substituents is 1. The number of hydrogen-bond donors (Lipinski definition) is 2. The number of phenols is 1. The van der Waals surface area contributed by atoms with Gasteiger partial charge in [-0.15, -0.1) is 0 Å². The van der Waals surface area contributed by atoms with Gasteiger partial charge in [-0.2, -0.15) is 0 Å². The Morgan fingerprint density at radius 1 is 1.24 bits per heavy atom. The van der Waals surface area contributed by atoms with Gasteiger partial charge in [0.15, 0.2) is 14.9 Å². The topological polar surface area (TPSA) is 101 Å². The summed E-state index contributed by atoms with van der Waals surface area (Å²) in [7, 11) is -7.60. The predicted octanol–water partition coefficient (Wildman–Crippen LogP) is 0.444. The summed E-state index contributed by atoms with van der Waals surface area (Å²) in [5.41, 5.74) is 0.716. The Morgan fingerprint density at radius 3 is 2.29 bits per heavy atom. The normalized spacial score (nSPS) is 12.4. The molecule has 1 aromatic carbocycles. The highest BCUT2D eigenvalue weighted by Gasteiger charge is 2.18. The summed E-state index contributed by atoms with van der Waals surface area (Å²) in [6, 6.07) is 4.18. The number of sulfonamides is 1. The van der Waals surface area contributed by atoms with Crippen LogP contribution in [0, 0.1) is 6.92 Å². The molecule has 0 atom stereocenters. The molecule has 0 fully saturated rings. The number of benzene rings is 1. The van der Waals surface area contributed by atoms with E-state index >= 15 is 0 Å². The molecule has 0 unspecified atom stereocenters. The first-order valence-electron chi connectivity index (χ1n) is 4.57. The Morgan fingerprint density at radius 2 is 1.82 bits per heavy atom. The molecule has 2 N–H and O–H groups in total. The average molecular weight is 279 g/mol. The molecule has 6 nitrogen and oxygen atoms in total. The molecule has 0 aliphatic carbocycles. The van der Waals surface area contributed by atoms with Gasteiger partial charge in [-0.05, 0) is 18.6 Å². The van der Waals surface area contributed by atoms with E-state index in [9.17, 15) is 21.9 Å². The largest absolute Gasteiger partial charge is 0.508 e. The van der Waals surface area contributed by atoms with E-state index in [4.69, 9.17) is 0 Å². The van der Waals surface area contributed by atoms with Crippen molar-refractivity contribution in [3.8, 4) is 5.75 Å².